The van der Waals surface area contributed by atoms with Crippen LogP contribution in [-0.2, 0) is 22.3 Å². The van der Waals surface area contributed by atoms with E-state index in [2.05, 4.69) is 15.0 Å². The topological polar surface area (TPSA) is 90.3 Å². The molecule has 0 saturated heterocycles. The molecule has 1 aromatic heterocycles. The maximum atomic E-state index is 12.7. The van der Waals surface area contributed by atoms with Crippen LogP contribution >= 0.6 is 0 Å². The van der Waals surface area contributed by atoms with E-state index in [0.29, 0.717) is 16.8 Å². The van der Waals surface area contributed by atoms with Gasteiger partial charge in [-0.2, -0.15) is 13.2 Å². The van der Waals surface area contributed by atoms with E-state index in [1.165, 1.54) is 43.5 Å². The number of methoxy groups -OCH3 is 1. The van der Waals surface area contributed by atoms with Crippen molar-refractivity contribution in [3.63, 3.8) is 0 Å². The van der Waals surface area contributed by atoms with Gasteiger partial charge in [-0.05, 0) is 36.4 Å². The second-order valence-corrected chi connectivity index (χ2v) is 6.43. The van der Waals surface area contributed by atoms with E-state index in [4.69, 9.17) is 0 Å². The highest BCUT2D eigenvalue weighted by Gasteiger charge is 2.30. The Morgan fingerprint density at radius 1 is 1.06 bits per heavy atom. The number of anilines is 1. The molecule has 3 rings (SSSR count). The number of amides is 1. The summed E-state index contributed by atoms with van der Waals surface area (Å²) in [6, 6.07) is 11.4. The van der Waals surface area contributed by atoms with E-state index >= 15 is 0 Å². The van der Waals surface area contributed by atoms with E-state index in [1.807, 2.05) is 0 Å². The molecule has 0 saturated carbocycles. The molecule has 0 bridgehead atoms. The Labute approximate surface area is 174 Å². The molecule has 10 heteroatoms. The van der Waals surface area contributed by atoms with Gasteiger partial charge in [0.1, 0.15) is 6.54 Å². The number of benzene rings is 2. The predicted octanol–water partition coefficient (Wildman–Crippen LogP) is 3.35. The van der Waals surface area contributed by atoms with Crippen molar-refractivity contribution in [1.82, 2.24) is 9.55 Å². The first-order valence-corrected chi connectivity index (χ1v) is 8.90. The second kappa shape index (κ2) is 8.82. The van der Waals surface area contributed by atoms with Crippen LogP contribution < -0.4 is 10.9 Å². The molecule has 0 radical (unpaired) electrons. The number of aromatic nitrogens is 2. The number of nitrogens with one attached hydrogen (secondary N) is 1. The Morgan fingerprint density at radius 3 is 2.26 bits per heavy atom. The van der Waals surface area contributed by atoms with Gasteiger partial charge in [0.15, 0.2) is 0 Å². The van der Waals surface area contributed by atoms with Crippen molar-refractivity contribution in [2.75, 3.05) is 12.4 Å². The van der Waals surface area contributed by atoms with Crippen LogP contribution in [0.25, 0.3) is 11.3 Å². The normalized spacial score (nSPS) is 11.1. The third-order valence-corrected chi connectivity index (χ3v) is 4.29. The molecular formula is C21H16F3N3O4. The number of alkyl halides is 3. The minimum atomic E-state index is -4.46. The molecule has 7 nitrogen and oxygen atoms in total. The summed E-state index contributed by atoms with van der Waals surface area (Å²) in [4.78, 5) is 40.0. The zero-order valence-electron chi connectivity index (χ0n) is 16.1. The smallest absolute Gasteiger partial charge is 0.416 e. The monoisotopic (exact) mass is 431 g/mol. The van der Waals surface area contributed by atoms with Gasteiger partial charge in [-0.1, -0.05) is 12.1 Å². The predicted molar refractivity (Wildman–Crippen MR) is 105 cm³/mol. The summed E-state index contributed by atoms with van der Waals surface area (Å²) in [7, 11) is 1.26. The van der Waals surface area contributed by atoms with Gasteiger partial charge >= 0.3 is 12.1 Å². The molecule has 0 atom stereocenters. The minimum absolute atomic E-state index is 0.189. The lowest BCUT2D eigenvalue weighted by Crippen LogP contribution is -2.27. The number of rotatable bonds is 5. The quantitative estimate of drug-likeness (QED) is 0.626. The average molecular weight is 431 g/mol. The molecule has 0 spiro atoms. The maximum Gasteiger partial charge on any atom is 0.416 e. The molecule has 1 N–H and O–H groups in total. The first-order valence-electron chi connectivity index (χ1n) is 8.90. The summed E-state index contributed by atoms with van der Waals surface area (Å²) in [5.74, 6) is -1.01. The van der Waals surface area contributed by atoms with Crippen molar-refractivity contribution in [3.05, 3.63) is 82.4 Å². The van der Waals surface area contributed by atoms with Crippen molar-refractivity contribution in [2.45, 2.75) is 12.7 Å². The highest BCUT2D eigenvalue weighted by molar-refractivity contribution is 5.92. The molecular weight excluding hydrogens is 415 g/mol. The second-order valence-electron chi connectivity index (χ2n) is 6.43. The summed E-state index contributed by atoms with van der Waals surface area (Å²) in [6.45, 7) is -0.322. The Hall–Kier alpha value is -3.95. The average Bonchev–Trinajstić information content (AvgIpc) is 2.74. The Morgan fingerprint density at radius 2 is 1.71 bits per heavy atom. The number of carbonyl (C=O) groups is 2. The van der Waals surface area contributed by atoms with Gasteiger partial charge < -0.3 is 10.1 Å². The summed E-state index contributed by atoms with van der Waals surface area (Å²) in [6.07, 6.45) is -3.31. The molecule has 0 aliphatic rings. The van der Waals surface area contributed by atoms with E-state index in [-0.39, 0.29) is 12.2 Å². The standard InChI is InChI=1S/C21H16F3N3O4/c1-31-20(30)14-4-8-16(9-5-14)26-18(28)11-27-12-25-17(10-19(27)29)13-2-6-15(7-3-13)21(22,23)24/h2-10,12H,11H2,1H3,(H,26,28). The Kier molecular flexibility index (Phi) is 6.19. The molecule has 160 valence electrons. The Bertz CT molecular complexity index is 1150. The molecule has 2 aromatic carbocycles. The van der Waals surface area contributed by atoms with Crippen LogP contribution in [0.2, 0.25) is 0 Å². The van der Waals surface area contributed by atoms with Crippen molar-refractivity contribution in [1.29, 1.82) is 0 Å². The van der Waals surface area contributed by atoms with Gasteiger partial charge in [0, 0.05) is 17.3 Å². The minimum Gasteiger partial charge on any atom is -0.465 e. The molecule has 31 heavy (non-hydrogen) atoms. The summed E-state index contributed by atoms with van der Waals surface area (Å²) >= 11 is 0. The number of hydrogen-bond acceptors (Lipinski definition) is 5. The number of hydrogen-bond donors (Lipinski definition) is 1. The molecule has 0 aliphatic heterocycles. The van der Waals surface area contributed by atoms with Crippen LogP contribution in [0.3, 0.4) is 0 Å². The fourth-order valence-electron chi connectivity index (χ4n) is 2.70. The highest BCUT2D eigenvalue weighted by atomic mass is 19.4. The van der Waals surface area contributed by atoms with Gasteiger partial charge in [0.2, 0.25) is 5.91 Å². The van der Waals surface area contributed by atoms with Crippen LogP contribution in [0.15, 0.2) is 65.7 Å². The number of carbonyl (C=O) groups excluding carboxylic acids is 2. The van der Waals surface area contributed by atoms with E-state index in [1.54, 1.807) is 0 Å². The molecule has 0 aliphatic carbocycles. The fraction of sp³-hybridized carbons (Fsp3) is 0.143. The van der Waals surface area contributed by atoms with Gasteiger partial charge in [-0.15, -0.1) is 0 Å². The van der Waals surface area contributed by atoms with Gasteiger partial charge in [-0.3, -0.25) is 14.2 Å². The van der Waals surface area contributed by atoms with Crippen LogP contribution in [0.1, 0.15) is 15.9 Å². The van der Waals surface area contributed by atoms with Crippen molar-refractivity contribution in [3.8, 4) is 11.3 Å². The summed E-state index contributed by atoms with van der Waals surface area (Å²) in [5, 5.41) is 2.58. The van der Waals surface area contributed by atoms with Gasteiger partial charge in [0.05, 0.1) is 30.3 Å². The molecule has 0 unspecified atom stereocenters. The lowest BCUT2D eigenvalue weighted by Gasteiger charge is -2.09. The fourth-order valence-corrected chi connectivity index (χ4v) is 2.70. The van der Waals surface area contributed by atoms with E-state index < -0.39 is 29.2 Å². The van der Waals surface area contributed by atoms with Crippen LogP contribution in [-0.4, -0.2) is 28.5 Å². The SMILES string of the molecule is COC(=O)c1ccc(NC(=O)Cn2cnc(-c3ccc(C(F)(F)F)cc3)cc2=O)cc1. The largest absolute Gasteiger partial charge is 0.465 e. The van der Waals surface area contributed by atoms with E-state index in [0.717, 1.165) is 29.1 Å². The van der Waals surface area contributed by atoms with Gasteiger partial charge in [-0.25, -0.2) is 9.78 Å². The first kappa shape index (κ1) is 21.8. The zero-order valence-corrected chi connectivity index (χ0v) is 16.1. The Balaban J connectivity index is 1.68. The van der Waals surface area contributed by atoms with Crippen molar-refractivity contribution >= 4 is 17.6 Å². The number of halogens is 3. The van der Waals surface area contributed by atoms with Crippen LogP contribution in [0, 0.1) is 0 Å². The lowest BCUT2D eigenvalue weighted by atomic mass is 10.1. The van der Waals surface area contributed by atoms with E-state index in [9.17, 15) is 27.6 Å². The number of ether oxygens (including phenoxy) is 1. The number of nitrogens with zero attached hydrogens (tertiary/aromatic N) is 2. The molecule has 1 amide bonds. The summed E-state index contributed by atoms with van der Waals surface area (Å²) < 4.78 is 43.6. The third kappa shape index (κ3) is 5.35. The first-order chi connectivity index (χ1) is 14.7. The molecule has 3 aromatic rings. The van der Waals surface area contributed by atoms with Crippen LogP contribution in [0.4, 0.5) is 18.9 Å². The third-order valence-electron chi connectivity index (χ3n) is 4.29. The van der Waals surface area contributed by atoms with Crippen molar-refractivity contribution < 1.29 is 27.5 Å². The summed E-state index contributed by atoms with van der Waals surface area (Å²) in [5.41, 5.74) is -0.0806. The molecule has 0 fully saturated rings. The number of esters is 1. The highest BCUT2D eigenvalue weighted by Crippen LogP contribution is 2.30. The van der Waals surface area contributed by atoms with Gasteiger partial charge in [0.25, 0.3) is 5.56 Å². The van der Waals surface area contributed by atoms with Crippen LogP contribution in [0.5, 0.6) is 0 Å². The zero-order chi connectivity index (χ0) is 22.6. The van der Waals surface area contributed by atoms with Crippen molar-refractivity contribution in [2.24, 2.45) is 0 Å². The molecule has 1 heterocycles. The lowest BCUT2D eigenvalue weighted by molar-refractivity contribution is -0.137. The maximum absolute atomic E-state index is 12.7.